The fraction of sp³-hybridized carbons (Fsp3) is 1.00. The van der Waals surface area contributed by atoms with Gasteiger partial charge in [-0.2, -0.15) is 0 Å². The van der Waals surface area contributed by atoms with E-state index >= 15 is 0 Å². The van der Waals surface area contributed by atoms with Crippen molar-refractivity contribution in [2.75, 3.05) is 26.7 Å². The van der Waals surface area contributed by atoms with Crippen LogP contribution in [0, 0.1) is 11.3 Å². The van der Waals surface area contributed by atoms with Gasteiger partial charge in [-0.3, -0.25) is 0 Å². The summed E-state index contributed by atoms with van der Waals surface area (Å²) in [6.07, 6.45) is 2.63. The van der Waals surface area contributed by atoms with Crippen LogP contribution >= 0.6 is 0 Å². The fourth-order valence-corrected chi connectivity index (χ4v) is 2.53. The van der Waals surface area contributed by atoms with Crippen LogP contribution in [0.15, 0.2) is 0 Å². The van der Waals surface area contributed by atoms with E-state index in [-0.39, 0.29) is 0 Å². The standard InChI is InChI=1S/C13H28N2/c1-11(2)9-15(5)7-6-12-8-13(3,4)10-14-12/h11-12,14H,6-10H2,1-5H3. The minimum Gasteiger partial charge on any atom is -0.313 e. The summed E-state index contributed by atoms with van der Waals surface area (Å²) in [5.41, 5.74) is 0.515. The minimum atomic E-state index is 0.515. The van der Waals surface area contributed by atoms with Crippen molar-refractivity contribution in [1.29, 1.82) is 0 Å². The summed E-state index contributed by atoms with van der Waals surface area (Å²) >= 11 is 0. The van der Waals surface area contributed by atoms with E-state index in [1.54, 1.807) is 0 Å². The highest BCUT2D eigenvalue weighted by Gasteiger charge is 2.29. The monoisotopic (exact) mass is 212 g/mol. The molecule has 0 aromatic rings. The van der Waals surface area contributed by atoms with Gasteiger partial charge in [0.2, 0.25) is 0 Å². The Balaban J connectivity index is 2.15. The van der Waals surface area contributed by atoms with Crippen molar-refractivity contribution >= 4 is 0 Å². The Morgan fingerprint density at radius 1 is 1.40 bits per heavy atom. The normalized spacial score (nSPS) is 25.4. The zero-order valence-electron chi connectivity index (χ0n) is 11.1. The van der Waals surface area contributed by atoms with E-state index in [0.717, 1.165) is 12.0 Å². The first kappa shape index (κ1) is 13.0. The van der Waals surface area contributed by atoms with E-state index in [4.69, 9.17) is 0 Å². The quantitative estimate of drug-likeness (QED) is 0.752. The van der Waals surface area contributed by atoms with Gasteiger partial charge in [0.05, 0.1) is 0 Å². The first-order valence-corrected chi connectivity index (χ1v) is 6.31. The Labute approximate surface area is 95.4 Å². The molecule has 0 saturated carbocycles. The molecule has 0 spiro atoms. The van der Waals surface area contributed by atoms with E-state index < -0.39 is 0 Å². The molecule has 1 aliphatic heterocycles. The van der Waals surface area contributed by atoms with Gasteiger partial charge in [-0.05, 0) is 37.8 Å². The lowest BCUT2D eigenvalue weighted by Crippen LogP contribution is -2.30. The molecule has 0 aromatic carbocycles. The van der Waals surface area contributed by atoms with Gasteiger partial charge in [0, 0.05) is 19.1 Å². The third kappa shape index (κ3) is 4.98. The minimum absolute atomic E-state index is 0.515. The highest BCUT2D eigenvalue weighted by Crippen LogP contribution is 2.28. The zero-order valence-corrected chi connectivity index (χ0v) is 11.1. The van der Waals surface area contributed by atoms with Crippen LogP contribution in [0.5, 0.6) is 0 Å². The molecule has 0 amide bonds. The van der Waals surface area contributed by atoms with Crippen LogP contribution in [0.1, 0.15) is 40.5 Å². The average Bonchev–Trinajstić information content (AvgIpc) is 2.41. The molecule has 90 valence electrons. The highest BCUT2D eigenvalue weighted by molar-refractivity contribution is 4.87. The van der Waals surface area contributed by atoms with E-state index in [9.17, 15) is 0 Å². The number of nitrogens with one attached hydrogen (secondary N) is 1. The van der Waals surface area contributed by atoms with Crippen LogP contribution in [-0.2, 0) is 0 Å². The molecule has 1 N–H and O–H groups in total. The van der Waals surface area contributed by atoms with E-state index in [1.165, 1.54) is 32.5 Å². The van der Waals surface area contributed by atoms with Crippen molar-refractivity contribution in [3.05, 3.63) is 0 Å². The molecule has 1 rings (SSSR count). The molecule has 1 aliphatic rings. The topological polar surface area (TPSA) is 15.3 Å². The van der Waals surface area contributed by atoms with Crippen molar-refractivity contribution in [1.82, 2.24) is 10.2 Å². The maximum absolute atomic E-state index is 3.63. The van der Waals surface area contributed by atoms with Crippen LogP contribution in [0.4, 0.5) is 0 Å². The molecular weight excluding hydrogens is 184 g/mol. The lowest BCUT2D eigenvalue weighted by molar-refractivity contribution is 0.277. The summed E-state index contributed by atoms with van der Waals surface area (Å²) in [6, 6.07) is 0.745. The smallest absolute Gasteiger partial charge is 0.00850 e. The Morgan fingerprint density at radius 2 is 2.07 bits per heavy atom. The number of hydrogen-bond acceptors (Lipinski definition) is 2. The molecule has 0 bridgehead atoms. The van der Waals surface area contributed by atoms with Crippen molar-refractivity contribution in [2.24, 2.45) is 11.3 Å². The lowest BCUT2D eigenvalue weighted by atomic mass is 9.90. The largest absolute Gasteiger partial charge is 0.313 e. The summed E-state index contributed by atoms with van der Waals surface area (Å²) in [6.45, 7) is 12.9. The second-order valence-corrected chi connectivity index (χ2v) is 6.39. The third-order valence-corrected chi connectivity index (χ3v) is 3.20. The van der Waals surface area contributed by atoms with Crippen molar-refractivity contribution in [2.45, 2.75) is 46.6 Å². The molecule has 1 atom stereocenters. The summed E-state index contributed by atoms with van der Waals surface area (Å²) < 4.78 is 0. The number of hydrogen-bond donors (Lipinski definition) is 1. The molecule has 1 unspecified atom stereocenters. The highest BCUT2D eigenvalue weighted by atomic mass is 15.1. The molecule has 1 heterocycles. The van der Waals surface area contributed by atoms with E-state index in [0.29, 0.717) is 5.41 Å². The molecule has 0 radical (unpaired) electrons. The van der Waals surface area contributed by atoms with Crippen molar-refractivity contribution < 1.29 is 0 Å². The maximum atomic E-state index is 3.63. The van der Waals surface area contributed by atoms with Crippen LogP contribution in [-0.4, -0.2) is 37.6 Å². The fourth-order valence-electron chi connectivity index (χ4n) is 2.53. The van der Waals surface area contributed by atoms with Crippen LogP contribution in [0.25, 0.3) is 0 Å². The summed E-state index contributed by atoms with van der Waals surface area (Å²) in [7, 11) is 2.24. The van der Waals surface area contributed by atoms with Gasteiger partial charge in [0.1, 0.15) is 0 Å². The first-order valence-electron chi connectivity index (χ1n) is 6.31. The van der Waals surface area contributed by atoms with Gasteiger partial charge < -0.3 is 10.2 Å². The average molecular weight is 212 g/mol. The second kappa shape index (κ2) is 5.31. The first-order chi connectivity index (χ1) is 6.89. The van der Waals surface area contributed by atoms with Gasteiger partial charge >= 0.3 is 0 Å². The Bertz CT molecular complexity index is 187. The Kier molecular flexibility index (Phi) is 4.60. The molecule has 2 nitrogen and oxygen atoms in total. The van der Waals surface area contributed by atoms with Crippen LogP contribution in [0.3, 0.4) is 0 Å². The predicted molar refractivity (Wildman–Crippen MR) is 67.1 cm³/mol. The van der Waals surface area contributed by atoms with Gasteiger partial charge in [0.15, 0.2) is 0 Å². The SMILES string of the molecule is CC(C)CN(C)CCC1CC(C)(C)CN1. The number of nitrogens with zero attached hydrogens (tertiary/aromatic N) is 1. The molecule has 1 fully saturated rings. The molecule has 0 aromatic heterocycles. The van der Waals surface area contributed by atoms with Gasteiger partial charge in [-0.1, -0.05) is 27.7 Å². The van der Waals surface area contributed by atoms with Crippen LogP contribution < -0.4 is 5.32 Å². The van der Waals surface area contributed by atoms with Crippen LogP contribution in [0.2, 0.25) is 0 Å². The zero-order chi connectivity index (χ0) is 11.5. The van der Waals surface area contributed by atoms with Gasteiger partial charge in [-0.15, -0.1) is 0 Å². The Morgan fingerprint density at radius 3 is 2.53 bits per heavy atom. The van der Waals surface area contributed by atoms with Crippen molar-refractivity contribution in [3.63, 3.8) is 0 Å². The van der Waals surface area contributed by atoms with Gasteiger partial charge in [-0.25, -0.2) is 0 Å². The maximum Gasteiger partial charge on any atom is 0.00850 e. The van der Waals surface area contributed by atoms with E-state index in [2.05, 4.69) is 45.0 Å². The summed E-state index contributed by atoms with van der Waals surface area (Å²) in [5, 5.41) is 3.63. The summed E-state index contributed by atoms with van der Waals surface area (Å²) in [4.78, 5) is 2.46. The van der Waals surface area contributed by atoms with Gasteiger partial charge in [0.25, 0.3) is 0 Å². The Hall–Kier alpha value is -0.0800. The third-order valence-electron chi connectivity index (χ3n) is 3.20. The molecular formula is C13H28N2. The molecule has 0 aliphatic carbocycles. The molecule has 1 saturated heterocycles. The lowest BCUT2D eigenvalue weighted by Gasteiger charge is -2.21. The molecule has 2 heteroatoms. The summed E-state index contributed by atoms with van der Waals surface area (Å²) in [5.74, 6) is 0.781. The second-order valence-electron chi connectivity index (χ2n) is 6.39. The molecule has 15 heavy (non-hydrogen) atoms. The number of rotatable bonds is 5. The predicted octanol–water partition coefficient (Wildman–Crippen LogP) is 2.35. The van der Waals surface area contributed by atoms with E-state index in [1.807, 2.05) is 0 Å². The van der Waals surface area contributed by atoms with Crippen molar-refractivity contribution in [3.8, 4) is 0 Å².